The van der Waals surface area contributed by atoms with Crippen LogP contribution in [0.25, 0.3) is 0 Å². The molecule has 3 heteroatoms. The van der Waals surface area contributed by atoms with Crippen LogP contribution in [0.3, 0.4) is 0 Å². The molecule has 0 amide bonds. The number of hydrogen-bond acceptors (Lipinski definition) is 2. The maximum atomic E-state index is 11.6. The van der Waals surface area contributed by atoms with Crippen LogP contribution >= 0.6 is 22.6 Å². The molecule has 0 unspecified atom stereocenters. The highest BCUT2D eigenvalue weighted by atomic mass is 127. The maximum Gasteiger partial charge on any atom is 0.233 e. The second kappa shape index (κ2) is 4.77. The largest absolute Gasteiger partial charge is 0.493 e. The highest BCUT2D eigenvalue weighted by Gasteiger charge is 2.05. The smallest absolute Gasteiger partial charge is 0.233 e. The average molecular weight is 304 g/mol. The van der Waals surface area contributed by atoms with E-state index >= 15 is 0 Å². The number of rotatable bonds is 2. The highest BCUT2D eigenvalue weighted by molar-refractivity contribution is 14.1. The minimum absolute atomic E-state index is 0.0417. The van der Waals surface area contributed by atoms with E-state index in [0.717, 1.165) is 5.56 Å². The normalized spacial score (nSPS) is 10.4. The van der Waals surface area contributed by atoms with Gasteiger partial charge < -0.3 is 4.74 Å². The van der Waals surface area contributed by atoms with Crippen molar-refractivity contribution in [3.05, 3.63) is 37.6 Å². The Morgan fingerprint density at radius 2 is 2.00 bits per heavy atom. The number of methoxy groups -OCH3 is 1. The molecule has 0 heterocycles. The summed E-state index contributed by atoms with van der Waals surface area (Å²) in [4.78, 5) is 11.6. The van der Waals surface area contributed by atoms with Gasteiger partial charge in [0.15, 0.2) is 5.75 Å². The first-order valence-electron chi connectivity index (χ1n) is 4.44. The molecule has 0 aliphatic carbocycles. The molecule has 1 aromatic rings. The quantitative estimate of drug-likeness (QED) is 0.785. The summed E-state index contributed by atoms with van der Waals surface area (Å²) in [5, 5.41) is 0. The average Bonchev–Trinajstić information content (AvgIpc) is 2.28. The Labute approximate surface area is 97.4 Å². The lowest BCUT2D eigenvalue weighted by Crippen LogP contribution is -2.04. The summed E-state index contributed by atoms with van der Waals surface area (Å²) in [6.07, 6.45) is 0. The lowest BCUT2D eigenvalue weighted by molar-refractivity contribution is 0.410. The van der Waals surface area contributed by atoms with E-state index in [4.69, 9.17) is 4.74 Å². The molecule has 1 aromatic carbocycles. The van der Waals surface area contributed by atoms with Crippen LogP contribution in [0.5, 0.6) is 5.75 Å². The van der Waals surface area contributed by atoms with Crippen LogP contribution in [-0.4, -0.2) is 7.11 Å². The van der Waals surface area contributed by atoms with Gasteiger partial charge in [-0.15, -0.1) is 0 Å². The Hall–Kier alpha value is -0.580. The molecular formula is C11H13IO2. The van der Waals surface area contributed by atoms with Crippen molar-refractivity contribution >= 4 is 22.6 Å². The van der Waals surface area contributed by atoms with Crippen molar-refractivity contribution in [3.63, 3.8) is 0 Å². The molecule has 0 aromatic heterocycles. The van der Waals surface area contributed by atoms with Crippen LogP contribution in [0, 0.1) is 3.57 Å². The van der Waals surface area contributed by atoms with Gasteiger partial charge in [-0.25, -0.2) is 0 Å². The Balaban J connectivity index is 3.44. The molecule has 0 N–H and O–H groups in total. The standard InChI is InChI=1S/C11H13IO2/c1-7(2)8-4-5-9(12)11(13)10(6-8)14-3/h4-7H,1-3H3. The second-order valence-corrected chi connectivity index (χ2v) is 4.54. The van der Waals surface area contributed by atoms with Gasteiger partial charge in [0.1, 0.15) is 0 Å². The van der Waals surface area contributed by atoms with E-state index in [-0.39, 0.29) is 5.43 Å². The van der Waals surface area contributed by atoms with Gasteiger partial charge in [-0.05, 0) is 46.2 Å². The van der Waals surface area contributed by atoms with Gasteiger partial charge in [0.2, 0.25) is 5.43 Å². The highest BCUT2D eigenvalue weighted by Crippen LogP contribution is 2.17. The van der Waals surface area contributed by atoms with Crippen LogP contribution in [0.1, 0.15) is 25.3 Å². The van der Waals surface area contributed by atoms with E-state index in [2.05, 4.69) is 13.8 Å². The molecule has 0 saturated carbocycles. The zero-order valence-electron chi connectivity index (χ0n) is 8.50. The first-order valence-corrected chi connectivity index (χ1v) is 5.52. The van der Waals surface area contributed by atoms with Crippen molar-refractivity contribution in [2.75, 3.05) is 7.11 Å². The SMILES string of the molecule is COc1cc(C(C)C)ccc(I)c1=O. The Kier molecular flexibility index (Phi) is 3.92. The fourth-order valence-corrected chi connectivity index (χ4v) is 1.58. The number of ether oxygens (including phenoxy) is 1. The molecule has 76 valence electrons. The third-order valence-corrected chi connectivity index (χ3v) is 2.90. The zero-order valence-corrected chi connectivity index (χ0v) is 10.7. The minimum atomic E-state index is -0.0417. The third kappa shape index (κ3) is 2.47. The molecule has 0 aliphatic heterocycles. The summed E-state index contributed by atoms with van der Waals surface area (Å²) in [6, 6.07) is 5.62. The molecular weight excluding hydrogens is 291 g/mol. The lowest BCUT2D eigenvalue weighted by atomic mass is 10.1. The lowest BCUT2D eigenvalue weighted by Gasteiger charge is -2.01. The molecule has 0 fully saturated rings. The van der Waals surface area contributed by atoms with Crippen molar-refractivity contribution in [1.29, 1.82) is 0 Å². The molecule has 0 spiro atoms. The van der Waals surface area contributed by atoms with Crippen LogP contribution in [0.15, 0.2) is 23.0 Å². The first kappa shape index (κ1) is 11.5. The van der Waals surface area contributed by atoms with Crippen molar-refractivity contribution in [3.8, 4) is 5.75 Å². The maximum absolute atomic E-state index is 11.6. The van der Waals surface area contributed by atoms with Crippen molar-refractivity contribution in [2.45, 2.75) is 19.8 Å². The summed E-state index contributed by atoms with van der Waals surface area (Å²) in [7, 11) is 1.52. The molecule has 0 saturated heterocycles. The zero-order chi connectivity index (χ0) is 10.7. The molecule has 14 heavy (non-hydrogen) atoms. The first-order chi connectivity index (χ1) is 6.56. The fraction of sp³-hybridized carbons (Fsp3) is 0.364. The van der Waals surface area contributed by atoms with Crippen LogP contribution in [0.4, 0.5) is 0 Å². The summed E-state index contributed by atoms with van der Waals surface area (Å²) >= 11 is 2.03. The molecule has 0 aliphatic rings. The molecule has 0 radical (unpaired) electrons. The molecule has 1 rings (SSSR count). The van der Waals surface area contributed by atoms with Crippen molar-refractivity contribution in [1.82, 2.24) is 0 Å². The predicted octanol–water partition coefficient (Wildman–Crippen LogP) is 2.78. The Morgan fingerprint density at radius 1 is 1.36 bits per heavy atom. The van der Waals surface area contributed by atoms with E-state index in [9.17, 15) is 4.79 Å². The van der Waals surface area contributed by atoms with Gasteiger partial charge in [0, 0.05) is 0 Å². The van der Waals surface area contributed by atoms with Crippen molar-refractivity contribution in [2.24, 2.45) is 0 Å². The second-order valence-electron chi connectivity index (χ2n) is 3.38. The van der Waals surface area contributed by atoms with E-state index in [0.29, 0.717) is 15.2 Å². The minimum Gasteiger partial charge on any atom is -0.493 e. The fourth-order valence-electron chi connectivity index (χ4n) is 1.14. The van der Waals surface area contributed by atoms with Crippen LogP contribution in [-0.2, 0) is 0 Å². The Bertz CT molecular complexity index is 386. The van der Waals surface area contributed by atoms with E-state index < -0.39 is 0 Å². The summed E-state index contributed by atoms with van der Waals surface area (Å²) in [5.74, 6) is 0.814. The summed E-state index contributed by atoms with van der Waals surface area (Å²) in [5.41, 5.74) is 1.07. The van der Waals surface area contributed by atoms with Crippen LogP contribution < -0.4 is 10.2 Å². The third-order valence-electron chi connectivity index (χ3n) is 2.05. The van der Waals surface area contributed by atoms with Crippen molar-refractivity contribution < 1.29 is 4.74 Å². The number of hydrogen-bond donors (Lipinski definition) is 0. The van der Waals surface area contributed by atoms with E-state index in [1.807, 2.05) is 40.8 Å². The van der Waals surface area contributed by atoms with Gasteiger partial charge in [-0.1, -0.05) is 19.9 Å². The van der Waals surface area contributed by atoms with E-state index in [1.165, 1.54) is 7.11 Å². The van der Waals surface area contributed by atoms with E-state index in [1.54, 1.807) is 0 Å². The topological polar surface area (TPSA) is 26.3 Å². The monoisotopic (exact) mass is 304 g/mol. The van der Waals surface area contributed by atoms with Gasteiger partial charge >= 0.3 is 0 Å². The summed E-state index contributed by atoms with van der Waals surface area (Å²) < 4.78 is 5.75. The van der Waals surface area contributed by atoms with Crippen LogP contribution in [0.2, 0.25) is 0 Å². The Morgan fingerprint density at radius 3 is 2.50 bits per heavy atom. The predicted molar refractivity (Wildman–Crippen MR) is 66.1 cm³/mol. The van der Waals surface area contributed by atoms with Gasteiger partial charge in [0.25, 0.3) is 0 Å². The van der Waals surface area contributed by atoms with Gasteiger partial charge in [-0.3, -0.25) is 4.79 Å². The molecule has 0 bridgehead atoms. The van der Waals surface area contributed by atoms with Gasteiger partial charge in [-0.2, -0.15) is 0 Å². The molecule has 2 nitrogen and oxygen atoms in total. The molecule has 0 atom stereocenters. The van der Waals surface area contributed by atoms with Gasteiger partial charge in [0.05, 0.1) is 10.7 Å². The number of halogens is 1. The summed E-state index contributed by atoms with van der Waals surface area (Å²) in [6.45, 7) is 4.18.